The molecule has 1 heterocycles. The van der Waals surface area contributed by atoms with Gasteiger partial charge >= 0.3 is 12.6 Å². The van der Waals surface area contributed by atoms with Gasteiger partial charge in [0.1, 0.15) is 5.75 Å². The summed E-state index contributed by atoms with van der Waals surface area (Å²) in [5.41, 5.74) is 0.802. The number of aliphatic hydroxyl groups is 1. The van der Waals surface area contributed by atoms with E-state index in [0.717, 1.165) is 24.8 Å². The molecule has 1 unspecified atom stereocenters. The van der Waals surface area contributed by atoms with Crippen molar-refractivity contribution in [3.63, 3.8) is 0 Å². The molecule has 2 amide bonds. The van der Waals surface area contributed by atoms with Gasteiger partial charge < -0.3 is 20.1 Å². The van der Waals surface area contributed by atoms with Crippen LogP contribution in [0.15, 0.2) is 24.3 Å². The number of carbonyl (C=O) groups excluding carboxylic acids is 1. The summed E-state index contributed by atoms with van der Waals surface area (Å²) in [6.45, 7) is -1.77. The third-order valence-corrected chi connectivity index (χ3v) is 3.94. The lowest BCUT2D eigenvalue weighted by Gasteiger charge is -2.35. The van der Waals surface area contributed by atoms with Crippen LogP contribution in [0.25, 0.3) is 0 Å². The van der Waals surface area contributed by atoms with Crippen molar-refractivity contribution < 1.29 is 23.4 Å². The van der Waals surface area contributed by atoms with Crippen LogP contribution in [-0.4, -0.2) is 41.8 Å². The fraction of sp³-hybridized carbons (Fsp3) is 0.562. The minimum absolute atomic E-state index is 0.0695. The van der Waals surface area contributed by atoms with Crippen LogP contribution in [0.4, 0.5) is 13.6 Å². The van der Waals surface area contributed by atoms with Crippen LogP contribution >= 0.6 is 0 Å². The first-order chi connectivity index (χ1) is 11.1. The zero-order valence-corrected chi connectivity index (χ0v) is 12.9. The molecular formula is C16H22F2N2O3. The Morgan fingerprint density at radius 3 is 2.74 bits per heavy atom. The summed E-state index contributed by atoms with van der Waals surface area (Å²) in [5.74, 6) is 0.0918. The number of piperidine rings is 1. The Kier molecular flexibility index (Phi) is 6.58. The Morgan fingerprint density at radius 1 is 1.35 bits per heavy atom. The van der Waals surface area contributed by atoms with Crippen LogP contribution in [0.3, 0.4) is 0 Å². The number of alkyl halides is 2. The number of amides is 2. The van der Waals surface area contributed by atoms with Gasteiger partial charge in [0.05, 0.1) is 0 Å². The van der Waals surface area contributed by atoms with E-state index in [1.165, 1.54) is 12.1 Å². The van der Waals surface area contributed by atoms with Gasteiger partial charge in [-0.2, -0.15) is 8.78 Å². The van der Waals surface area contributed by atoms with E-state index >= 15 is 0 Å². The molecule has 0 saturated carbocycles. The fourth-order valence-corrected chi connectivity index (χ4v) is 2.79. The number of aliphatic hydroxyl groups excluding tert-OH is 1. The molecule has 0 radical (unpaired) electrons. The topological polar surface area (TPSA) is 61.8 Å². The number of rotatable bonds is 6. The number of hydrogen-bond donors (Lipinski definition) is 2. The molecule has 2 rings (SSSR count). The molecule has 1 aromatic rings. The van der Waals surface area contributed by atoms with Crippen LogP contribution < -0.4 is 10.1 Å². The normalized spacial score (nSPS) is 18.1. The van der Waals surface area contributed by atoms with Gasteiger partial charge in [-0.15, -0.1) is 0 Å². The van der Waals surface area contributed by atoms with Crippen molar-refractivity contribution >= 4 is 6.03 Å². The maximum absolute atomic E-state index is 12.3. The second-order valence-corrected chi connectivity index (χ2v) is 5.54. The predicted molar refractivity (Wildman–Crippen MR) is 81.4 cm³/mol. The Balaban J connectivity index is 1.85. The molecule has 1 aromatic carbocycles. The van der Waals surface area contributed by atoms with Crippen molar-refractivity contribution in [1.29, 1.82) is 0 Å². The summed E-state index contributed by atoms with van der Waals surface area (Å²) in [7, 11) is 0. The Morgan fingerprint density at radius 2 is 2.09 bits per heavy atom. The molecule has 1 atom stereocenters. The molecule has 1 aliphatic heterocycles. The number of likely N-dealkylation sites (tertiary alicyclic amines) is 1. The first-order valence-electron chi connectivity index (χ1n) is 7.79. The van der Waals surface area contributed by atoms with Crippen LogP contribution in [0, 0.1) is 0 Å². The molecule has 5 nitrogen and oxygen atoms in total. The highest BCUT2D eigenvalue weighted by atomic mass is 19.3. The van der Waals surface area contributed by atoms with Crippen molar-refractivity contribution in [1.82, 2.24) is 10.2 Å². The maximum Gasteiger partial charge on any atom is 0.387 e. The van der Waals surface area contributed by atoms with E-state index in [1.807, 2.05) is 0 Å². The summed E-state index contributed by atoms with van der Waals surface area (Å²) in [5, 5.41) is 11.9. The summed E-state index contributed by atoms with van der Waals surface area (Å²) < 4.78 is 28.4. The molecule has 0 aliphatic carbocycles. The zero-order chi connectivity index (χ0) is 16.7. The van der Waals surface area contributed by atoms with Gasteiger partial charge in [-0.25, -0.2) is 4.79 Å². The number of nitrogens with zero attached hydrogens (tertiary/aromatic N) is 1. The molecule has 23 heavy (non-hydrogen) atoms. The Hall–Kier alpha value is -1.89. The third kappa shape index (κ3) is 5.35. The lowest BCUT2D eigenvalue weighted by atomic mass is 10.0. The standard InChI is InChI=1S/C16H22F2N2O3/c17-15(18)23-14-6-4-12(5-7-14)11-19-16(22)20-9-2-1-3-13(20)8-10-21/h4-7,13,15,21H,1-3,8-11H2,(H,19,22). The van der Waals surface area contributed by atoms with Gasteiger partial charge in [0, 0.05) is 25.7 Å². The first kappa shape index (κ1) is 17.5. The Labute approximate surface area is 134 Å². The first-order valence-corrected chi connectivity index (χ1v) is 7.79. The van der Waals surface area contributed by atoms with Crippen molar-refractivity contribution in [2.24, 2.45) is 0 Å². The van der Waals surface area contributed by atoms with E-state index in [1.54, 1.807) is 17.0 Å². The van der Waals surface area contributed by atoms with Gasteiger partial charge in [0.25, 0.3) is 0 Å². The van der Waals surface area contributed by atoms with Crippen LogP contribution in [-0.2, 0) is 6.54 Å². The third-order valence-electron chi connectivity index (χ3n) is 3.94. The molecule has 1 fully saturated rings. The molecular weight excluding hydrogens is 306 g/mol. The van der Waals surface area contributed by atoms with Crippen LogP contribution in [0.1, 0.15) is 31.2 Å². The molecule has 0 aromatic heterocycles. The minimum Gasteiger partial charge on any atom is -0.435 e. The van der Waals surface area contributed by atoms with E-state index in [2.05, 4.69) is 10.1 Å². The fourth-order valence-electron chi connectivity index (χ4n) is 2.79. The van der Waals surface area contributed by atoms with Crippen molar-refractivity contribution in [3.8, 4) is 5.75 Å². The number of benzene rings is 1. The van der Waals surface area contributed by atoms with E-state index in [0.29, 0.717) is 19.5 Å². The quantitative estimate of drug-likeness (QED) is 0.844. The van der Waals surface area contributed by atoms with Gasteiger partial charge in [-0.3, -0.25) is 0 Å². The molecule has 2 N–H and O–H groups in total. The number of carbonyl (C=O) groups is 1. The monoisotopic (exact) mass is 328 g/mol. The molecule has 1 aliphatic rings. The van der Waals surface area contributed by atoms with Gasteiger partial charge in [-0.05, 0) is 43.4 Å². The van der Waals surface area contributed by atoms with E-state index in [-0.39, 0.29) is 24.4 Å². The van der Waals surface area contributed by atoms with Crippen molar-refractivity contribution in [2.75, 3.05) is 13.2 Å². The Bertz CT molecular complexity index is 495. The average Bonchev–Trinajstić information content (AvgIpc) is 2.54. The highest BCUT2D eigenvalue weighted by Crippen LogP contribution is 2.20. The van der Waals surface area contributed by atoms with Gasteiger partial charge in [0.2, 0.25) is 0 Å². The number of halogens is 2. The van der Waals surface area contributed by atoms with Crippen molar-refractivity contribution in [2.45, 2.75) is 44.9 Å². The molecule has 128 valence electrons. The highest BCUT2D eigenvalue weighted by Gasteiger charge is 2.25. The SMILES string of the molecule is O=C(NCc1ccc(OC(F)F)cc1)N1CCCCC1CCO. The largest absolute Gasteiger partial charge is 0.435 e. The lowest BCUT2D eigenvalue weighted by molar-refractivity contribution is -0.0498. The smallest absolute Gasteiger partial charge is 0.387 e. The van der Waals surface area contributed by atoms with E-state index in [9.17, 15) is 13.6 Å². The number of urea groups is 1. The van der Waals surface area contributed by atoms with E-state index < -0.39 is 6.61 Å². The number of nitrogens with one attached hydrogen (secondary N) is 1. The molecule has 1 saturated heterocycles. The average molecular weight is 328 g/mol. The summed E-state index contributed by atoms with van der Waals surface area (Å²) in [6.07, 6.45) is 3.54. The van der Waals surface area contributed by atoms with Gasteiger partial charge in [0.15, 0.2) is 0 Å². The predicted octanol–water partition coefficient (Wildman–Crippen LogP) is 2.73. The van der Waals surface area contributed by atoms with Crippen molar-refractivity contribution in [3.05, 3.63) is 29.8 Å². The van der Waals surface area contributed by atoms with Crippen LogP contribution in [0.5, 0.6) is 5.75 Å². The summed E-state index contributed by atoms with van der Waals surface area (Å²) in [4.78, 5) is 14.1. The molecule has 0 bridgehead atoms. The second-order valence-electron chi connectivity index (χ2n) is 5.54. The molecule has 7 heteroatoms. The summed E-state index contributed by atoms with van der Waals surface area (Å²) in [6, 6.07) is 6.09. The zero-order valence-electron chi connectivity index (χ0n) is 12.9. The lowest BCUT2D eigenvalue weighted by Crippen LogP contribution is -2.48. The molecule has 0 spiro atoms. The number of ether oxygens (including phenoxy) is 1. The highest BCUT2D eigenvalue weighted by molar-refractivity contribution is 5.74. The number of hydrogen-bond acceptors (Lipinski definition) is 3. The van der Waals surface area contributed by atoms with E-state index in [4.69, 9.17) is 5.11 Å². The summed E-state index contributed by atoms with van der Waals surface area (Å²) >= 11 is 0. The minimum atomic E-state index is -2.84. The van der Waals surface area contributed by atoms with Crippen LogP contribution in [0.2, 0.25) is 0 Å². The second kappa shape index (κ2) is 8.67. The maximum atomic E-state index is 12.3. The van der Waals surface area contributed by atoms with Gasteiger partial charge in [-0.1, -0.05) is 12.1 Å².